The van der Waals surface area contributed by atoms with Gasteiger partial charge in [0.2, 0.25) is 6.10 Å². The second-order valence-electron chi connectivity index (χ2n) is 5.17. The van der Waals surface area contributed by atoms with E-state index in [2.05, 4.69) is 0 Å². The highest BCUT2D eigenvalue weighted by Crippen LogP contribution is 2.33. The molecule has 1 aliphatic heterocycles. The molecule has 0 saturated carbocycles. The molecule has 0 aliphatic carbocycles. The Morgan fingerprint density at radius 2 is 1.58 bits per heavy atom. The van der Waals surface area contributed by atoms with Crippen LogP contribution in [0.5, 0.6) is 0 Å². The second kappa shape index (κ2) is 8.06. The third kappa shape index (κ3) is 5.17. The fraction of sp³-hybridized carbons (Fsp3) is 0.714. The molecule has 10 nitrogen and oxygen atoms in total. The van der Waals surface area contributed by atoms with Crippen LogP contribution in [0.4, 0.5) is 0 Å². The van der Waals surface area contributed by atoms with E-state index in [1.165, 1.54) is 0 Å². The summed E-state index contributed by atoms with van der Waals surface area (Å²) in [6.07, 6.45) is -4.26. The zero-order chi connectivity index (χ0) is 18.5. The van der Waals surface area contributed by atoms with Crippen molar-refractivity contribution in [2.45, 2.75) is 51.8 Å². The van der Waals surface area contributed by atoms with Crippen molar-refractivity contribution in [2.24, 2.45) is 0 Å². The molecule has 136 valence electrons. The van der Waals surface area contributed by atoms with Gasteiger partial charge in [0.1, 0.15) is 6.10 Å². The summed E-state index contributed by atoms with van der Waals surface area (Å²) in [5.41, 5.74) is 0. The minimum Gasteiger partial charge on any atom is -0.459 e. The summed E-state index contributed by atoms with van der Waals surface area (Å²) in [5, 5.41) is 10.0. The van der Waals surface area contributed by atoms with Crippen LogP contribution in [0.1, 0.15) is 27.7 Å². The van der Waals surface area contributed by atoms with Crippen molar-refractivity contribution in [1.82, 2.24) is 0 Å². The van der Waals surface area contributed by atoms with Gasteiger partial charge in [-0.25, -0.2) is 0 Å². The summed E-state index contributed by atoms with van der Waals surface area (Å²) in [5.74, 6) is -5.15. The predicted molar refractivity (Wildman–Crippen MR) is 74.2 cm³/mol. The number of carbonyl (C=O) groups excluding carboxylic acids is 4. The number of hydrogen-bond acceptors (Lipinski definition) is 10. The number of aliphatic hydroxyl groups excluding tert-OH is 1. The lowest BCUT2D eigenvalue weighted by molar-refractivity contribution is -0.337. The third-order valence-electron chi connectivity index (χ3n) is 3.00. The van der Waals surface area contributed by atoms with Crippen molar-refractivity contribution in [1.29, 1.82) is 0 Å². The zero-order valence-corrected chi connectivity index (χ0v) is 13.8. The first-order chi connectivity index (χ1) is 11.1. The molecule has 4 atom stereocenters. The molecule has 1 rings (SSSR count). The smallest absolute Gasteiger partial charge is 0.305 e. The second-order valence-corrected chi connectivity index (χ2v) is 5.17. The molecule has 0 aromatic heterocycles. The van der Waals surface area contributed by atoms with Crippen molar-refractivity contribution in [3.8, 4) is 0 Å². The monoisotopic (exact) mass is 348 g/mol. The van der Waals surface area contributed by atoms with Crippen molar-refractivity contribution >= 4 is 23.9 Å². The lowest BCUT2D eigenvalue weighted by Gasteiger charge is -2.45. The van der Waals surface area contributed by atoms with E-state index in [1.54, 1.807) is 0 Å². The van der Waals surface area contributed by atoms with Crippen molar-refractivity contribution in [3.63, 3.8) is 0 Å². The molecular formula is C14H20O10. The van der Waals surface area contributed by atoms with Crippen molar-refractivity contribution < 1.29 is 48.0 Å². The van der Waals surface area contributed by atoms with Crippen molar-refractivity contribution in [3.05, 3.63) is 0 Å². The molecular weight excluding hydrogens is 328 g/mol. The topological polar surface area (TPSA) is 135 Å². The first-order valence-corrected chi connectivity index (χ1v) is 7.07. The van der Waals surface area contributed by atoms with Crippen LogP contribution in [-0.4, -0.2) is 66.3 Å². The zero-order valence-electron chi connectivity index (χ0n) is 13.8. The maximum absolute atomic E-state index is 11.5. The fourth-order valence-corrected chi connectivity index (χ4v) is 2.21. The summed E-state index contributed by atoms with van der Waals surface area (Å²) in [7, 11) is 0. The number of carbonyl (C=O) groups is 4. The molecule has 1 heterocycles. The van der Waals surface area contributed by atoms with Crippen LogP contribution in [0.2, 0.25) is 0 Å². The van der Waals surface area contributed by atoms with Crippen LogP contribution in [0.25, 0.3) is 0 Å². The number of rotatable bonds is 5. The van der Waals surface area contributed by atoms with E-state index in [0.29, 0.717) is 0 Å². The van der Waals surface area contributed by atoms with Crippen LogP contribution < -0.4 is 0 Å². The van der Waals surface area contributed by atoms with E-state index in [0.717, 1.165) is 27.7 Å². The van der Waals surface area contributed by atoms with Crippen LogP contribution in [0.15, 0.2) is 0 Å². The maximum atomic E-state index is 11.5. The molecule has 1 saturated heterocycles. The quantitative estimate of drug-likeness (QED) is 0.490. The number of ether oxygens (including phenoxy) is 5. The SMILES string of the molecule is CC(=O)OC[C@@]1(OC(C)=O)OC[C@H](O)[C@@H](OC(C)=O)[C@@H]1OC(C)=O. The molecule has 1 N–H and O–H groups in total. The first kappa shape index (κ1) is 19.8. The van der Waals surface area contributed by atoms with Gasteiger partial charge >= 0.3 is 23.9 Å². The van der Waals surface area contributed by atoms with Gasteiger partial charge in [0.15, 0.2) is 12.7 Å². The molecule has 0 aromatic rings. The fourth-order valence-electron chi connectivity index (χ4n) is 2.21. The predicted octanol–water partition coefficient (Wildman–Crippen LogP) is -0.937. The Morgan fingerprint density at radius 3 is 2.04 bits per heavy atom. The van der Waals surface area contributed by atoms with Gasteiger partial charge in [-0.1, -0.05) is 0 Å². The largest absolute Gasteiger partial charge is 0.459 e. The van der Waals surface area contributed by atoms with Gasteiger partial charge in [0, 0.05) is 27.7 Å². The summed E-state index contributed by atoms with van der Waals surface area (Å²) in [6, 6.07) is 0. The van der Waals surface area contributed by atoms with E-state index in [1.807, 2.05) is 0 Å². The summed E-state index contributed by atoms with van der Waals surface area (Å²) >= 11 is 0. The number of aliphatic hydroxyl groups is 1. The Balaban J connectivity index is 3.26. The van der Waals surface area contributed by atoms with Gasteiger partial charge in [0.05, 0.1) is 6.61 Å². The number of hydrogen-bond donors (Lipinski definition) is 1. The summed E-state index contributed by atoms with van der Waals surface area (Å²) in [6.45, 7) is 3.30. The molecule has 0 aromatic carbocycles. The molecule has 0 radical (unpaired) electrons. The summed E-state index contributed by atoms with van der Waals surface area (Å²) in [4.78, 5) is 45.3. The molecule has 0 unspecified atom stereocenters. The average Bonchev–Trinajstić information content (AvgIpc) is 2.43. The van der Waals surface area contributed by atoms with Gasteiger partial charge in [-0.15, -0.1) is 0 Å². The van der Waals surface area contributed by atoms with Crippen molar-refractivity contribution in [2.75, 3.05) is 13.2 Å². The van der Waals surface area contributed by atoms with Gasteiger partial charge in [-0.2, -0.15) is 0 Å². The lowest BCUT2D eigenvalue weighted by atomic mass is 9.96. The highest BCUT2D eigenvalue weighted by Gasteiger charge is 2.58. The Hall–Kier alpha value is -2.20. The highest BCUT2D eigenvalue weighted by atomic mass is 16.8. The summed E-state index contributed by atoms with van der Waals surface area (Å²) < 4.78 is 25.3. The van der Waals surface area contributed by atoms with E-state index < -0.39 is 61.2 Å². The van der Waals surface area contributed by atoms with Gasteiger partial charge in [0.25, 0.3) is 5.79 Å². The van der Waals surface area contributed by atoms with E-state index in [-0.39, 0.29) is 0 Å². The molecule has 10 heteroatoms. The minimum atomic E-state index is -2.05. The van der Waals surface area contributed by atoms with Gasteiger partial charge in [-0.05, 0) is 0 Å². The van der Waals surface area contributed by atoms with Crippen LogP contribution >= 0.6 is 0 Å². The minimum absolute atomic E-state index is 0.412. The highest BCUT2D eigenvalue weighted by molar-refractivity contribution is 5.69. The van der Waals surface area contributed by atoms with Crippen LogP contribution in [-0.2, 0) is 42.9 Å². The Morgan fingerprint density at radius 1 is 1.00 bits per heavy atom. The molecule has 24 heavy (non-hydrogen) atoms. The van der Waals surface area contributed by atoms with Crippen LogP contribution in [0.3, 0.4) is 0 Å². The standard InChI is InChI=1S/C14H20O10/c1-7(15)20-6-14(24-10(4)18)13(23-9(3)17)12(22-8(2)16)11(19)5-21-14/h11-13,19H,5-6H2,1-4H3/t11-,12+,13-,14-/m0/s1. The average molecular weight is 348 g/mol. The normalized spacial score (nSPS) is 29.3. The molecule has 1 aliphatic rings. The third-order valence-corrected chi connectivity index (χ3v) is 3.00. The van der Waals surface area contributed by atoms with E-state index in [9.17, 15) is 24.3 Å². The molecule has 0 amide bonds. The number of esters is 4. The molecule has 1 fully saturated rings. The molecule has 0 bridgehead atoms. The molecule has 0 spiro atoms. The van der Waals surface area contributed by atoms with E-state index >= 15 is 0 Å². The maximum Gasteiger partial charge on any atom is 0.305 e. The van der Waals surface area contributed by atoms with Gasteiger partial charge < -0.3 is 28.8 Å². The lowest BCUT2D eigenvalue weighted by Crippen LogP contribution is -2.66. The Bertz CT molecular complexity index is 516. The Labute approximate surface area is 137 Å². The van der Waals surface area contributed by atoms with Crippen LogP contribution in [0, 0.1) is 0 Å². The first-order valence-electron chi connectivity index (χ1n) is 7.07. The van der Waals surface area contributed by atoms with E-state index in [4.69, 9.17) is 23.7 Å². The van der Waals surface area contributed by atoms with Gasteiger partial charge in [-0.3, -0.25) is 19.2 Å². The Kier molecular flexibility index (Phi) is 6.67.